The van der Waals surface area contributed by atoms with E-state index in [4.69, 9.17) is 0 Å². The molecule has 8 heteroatoms. The van der Waals surface area contributed by atoms with Gasteiger partial charge in [0.2, 0.25) is 0 Å². The number of urea groups is 1. The van der Waals surface area contributed by atoms with E-state index < -0.39 is 11.4 Å². The van der Waals surface area contributed by atoms with Crippen LogP contribution in [0.25, 0.3) is 0 Å². The summed E-state index contributed by atoms with van der Waals surface area (Å²) in [5.74, 6) is 0.418. The highest BCUT2D eigenvalue weighted by Gasteiger charge is 2.59. The fourth-order valence-electron chi connectivity index (χ4n) is 4.11. The van der Waals surface area contributed by atoms with Crippen LogP contribution in [-0.2, 0) is 4.79 Å². The molecule has 0 spiro atoms. The lowest BCUT2D eigenvalue weighted by atomic mass is 9.81. The lowest BCUT2D eigenvalue weighted by molar-refractivity contribution is -0.148. The maximum Gasteiger partial charge on any atom is 0.319 e. The van der Waals surface area contributed by atoms with Crippen LogP contribution in [0.5, 0.6) is 0 Å². The van der Waals surface area contributed by atoms with Crippen molar-refractivity contribution in [2.75, 3.05) is 45.2 Å². The third-order valence-electron chi connectivity index (χ3n) is 5.68. The van der Waals surface area contributed by atoms with Gasteiger partial charge >= 0.3 is 12.0 Å². The van der Waals surface area contributed by atoms with Crippen molar-refractivity contribution in [3.05, 3.63) is 18.1 Å². The number of likely N-dealkylation sites (tertiary alicyclic amines) is 1. The smallest absolute Gasteiger partial charge is 0.319 e. The molecular formula is C17H23N5O3. The van der Waals surface area contributed by atoms with Gasteiger partial charge in [-0.15, -0.1) is 0 Å². The van der Waals surface area contributed by atoms with E-state index in [2.05, 4.69) is 9.97 Å². The lowest BCUT2D eigenvalue weighted by Crippen LogP contribution is -2.44. The van der Waals surface area contributed by atoms with Crippen molar-refractivity contribution in [1.29, 1.82) is 0 Å². The van der Waals surface area contributed by atoms with Crippen molar-refractivity contribution in [1.82, 2.24) is 19.8 Å². The highest BCUT2D eigenvalue weighted by atomic mass is 16.4. The topological polar surface area (TPSA) is 89.9 Å². The molecule has 1 saturated carbocycles. The van der Waals surface area contributed by atoms with E-state index in [1.807, 2.05) is 11.0 Å². The molecule has 4 rings (SSSR count). The fourth-order valence-corrected chi connectivity index (χ4v) is 4.11. The minimum atomic E-state index is -0.920. The number of amides is 2. The second-order valence-electron chi connectivity index (χ2n) is 7.67. The maximum atomic E-state index is 12.2. The third kappa shape index (κ3) is 2.60. The van der Waals surface area contributed by atoms with E-state index in [-0.39, 0.29) is 18.5 Å². The molecule has 1 aromatic rings. The number of carboxylic acids is 1. The van der Waals surface area contributed by atoms with Gasteiger partial charge < -0.3 is 19.8 Å². The van der Waals surface area contributed by atoms with Crippen LogP contribution in [0.1, 0.15) is 24.5 Å². The van der Waals surface area contributed by atoms with Crippen molar-refractivity contribution in [3.8, 4) is 0 Å². The van der Waals surface area contributed by atoms with Gasteiger partial charge in [0, 0.05) is 63.9 Å². The number of carboxylic acid groups (broad SMARTS) is 1. The van der Waals surface area contributed by atoms with Gasteiger partial charge in [-0.2, -0.15) is 0 Å². The number of carbonyl (C=O) groups is 2. The van der Waals surface area contributed by atoms with E-state index in [9.17, 15) is 14.7 Å². The zero-order valence-electron chi connectivity index (χ0n) is 14.6. The van der Waals surface area contributed by atoms with Gasteiger partial charge in [0.25, 0.3) is 0 Å². The number of fused-ring (bicyclic) bond motifs is 1. The normalized spacial score (nSPS) is 28.2. The maximum absolute atomic E-state index is 12.2. The summed E-state index contributed by atoms with van der Waals surface area (Å²) >= 11 is 0. The molecule has 134 valence electrons. The average Bonchev–Trinajstić information content (AvgIpc) is 3.27. The molecule has 0 unspecified atom stereocenters. The van der Waals surface area contributed by atoms with Crippen LogP contribution in [0.15, 0.2) is 12.4 Å². The van der Waals surface area contributed by atoms with Crippen molar-refractivity contribution >= 4 is 17.8 Å². The molecule has 1 N–H and O–H groups in total. The summed E-state index contributed by atoms with van der Waals surface area (Å²) in [5.41, 5.74) is 0.131. The van der Waals surface area contributed by atoms with E-state index in [1.165, 1.54) is 17.7 Å². The number of hydrogen-bond acceptors (Lipinski definition) is 5. The molecular weight excluding hydrogens is 322 g/mol. The van der Waals surface area contributed by atoms with Crippen molar-refractivity contribution in [2.45, 2.75) is 18.8 Å². The quantitative estimate of drug-likeness (QED) is 0.874. The van der Waals surface area contributed by atoms with E-state index in [0.29, 0.717) is 25.6 Å². The van der Waals surface area contributed by atoms with Gasteiger partial charge in [-0.05, 0) is 12.8 Å². The molecule has 3 aliphatic rings. The minimum absolute atomic E-state index is 0.0896. The largest absolute Gasteiger partial charge is 0.481 e. The first-order valence-electron chi connectivity index (χ1n) is 8.67. The van der Waals surface area contributed by atoms with E-state index in [0.717, 1.165) is 11.5 Å². The Morgan fingerprint density at radius 3 is 2.60 bits per heavy atom. The predicted octanol–water partition coefficient (Wildman–Crippen LogP) is 0.858. The minimum Gasteiger partial charge on any atom is -0.481 e. The summed E-state index contributed by atoms with van der Waals surface area (Å²) in [4.78, 5) is 38.2. The zero-order chi connectivity index (χ0) is 17.8. The molecule has 1 aromatic heterocycles. The number of nitrogens with zero attached hydrogens (tertiary/aromatic N) is 5. The third-order valence-corrected chi connectivity index (χ3v) is 5.68. The molecule has 2 amide bonds. The molecule has 2 saturated heterocycles. The average molecular weight is 345 g/mol. The summed E-state index contributed by atoms with van der Waals surface area (Å²) < 4.78 is 0. The predicted molar refractivity (Wildman–Crippen MR) is 90.4 cm³/mol. The number of aromatic nitrogens is 2. The van der Waals surface area contributed by atoms with Gasteiger partial charge in [0.05, 0.1) is 0 Å². The van der Waals surface area contributed by atoms with Crippen LogP contribution in [0.4, 0.5) is 10.6 Å². The Hall–Kier alpha value is -2.38. The molecule has 3 fully saturated rings. The Morgan fingerprint density at radius 1 is 1.24 bits per heavy atom. The second-order valence-corrected chi connectivity index (χ2v) is 7.67. The van der Waals surface area contributed by atoms with Gasteiger partial charge in [0.1, 0.15) is 17.6 Å². The summed E-state index contributed by atoms with van der Waals surface area (Å²) in [7, 11) is 3.38. The molecule has 25 heavy (non-hydrogen) atoms. The van der Waals surface area contributed by atoms with Crippen LogP contribution < -0.4 is 4.90 Å². The fraction of sp³-hybridized carbons (Fsp3) is 0.647. The van der Waals surface area contributed by atoms with Crippen LogP contribution in [0, 0.1) is 11.3 Å². The highest BCUT2D eigenvalue weighted by molar-refractivity contribution is 5.81. The number of aliphatic carboxylic acids is 1. The molecule has 3 heterocycles. The van der Waals surface area contributed by atoms with Crippen LogP contribution in [0.2, 0.25) is 0 Å². The second kappa shape index (κ2) is 5.57. The number of carbonyl (C=O) groups excluding carboxylic acids is 1. The van der Waals surface area contributed by atoms with Crippen molar-refractivity contribution in [3.63, 3.8) is 0 Å². The van der Waals surface area contributed by atoms with Gasteiger partial charge in [0.15, 0.2) is 0 Å². The van der Waals surface area contributed by atoms with Crippen molar-refractivity contribution < 1.29 is 14.7 Å². The summed E-state index contributed by atoms with van der Waals surface area (Å²) in [5, 5.41) is 9.92. The molecule has 0 aromatic carbocycles. The van der Waals surface area contributed by atoms with Gasteiger partial charge in [-0.3, -0.25) is 4.79 Å². The summed E-state index contributed by atoms with van der Waals surface area (Å²) in [6.45, 7) is 1.71. The monoisotopic (exact) mass is 345 g/mol. The van der Waals surface area contributed by atoms with Crippen LogP contribution in [-0.4, -0.2) is 77.1 Å². The lowest BCUT2D eigenvalue weighted by Gasteiger charge is -2.27. The molecule has 2 aliphatic heterocycles. The Kier molecular flexibility index (Phi) is 3.59. The van der Waals surface area contributed by atoms with Crippen LogP contribution in [0.3, 0.4) is 0 Å². The Bertz CT molecular complexity index is 720. The number of hydrogen-bond donors (Lipinski definition) is 1. The summed E-state index contributed by atoms with van der Waals surface area (Å²) in [6, 6.07) is 1.87. The standard InChI is InChI=1S/C17H23N5O3/c1-20(2)16(25)22-7-12-6-21(8-17(12,9-22)15(23)24)14-5-13(11-3-4-11)18-10-19-14/h5,10-12H,3-4,6-9H2,1-2H3,(H,23,24)/t12-,17-/m0/s1. The first-order valence-corrected chi connectivity index (χ1v) is 8.67. The van der Waals surface area contributed by atoms with Crippen LogP contribution >= 0.6 is 0 Å². The van der Waals surface area contributed by atoms with E-state index >= 15 is 0 Å². The van der Waals surface area contributed by atoms with Gasteiger partial charge in [-0.25, -0.2) is 14.8 Å². The molecule has 1 aliphatic carbocycles. The Balaban J connectivity index is 1.56. The first kappa shape index (κ1) is 16.1. The first-order chi connectivity index (χ1) is 11.9. The highest BCUT2D eigenvalue weighted by Crippen LogP contribution is 2.45. The molecule has 8 nitrogen and oxygen atoms in total. The van der Waals surface area contributed by atoms with Crippen molar-refractivity contribution in [2.24, 2.45) is 11.3 Å². The SMILES string of the molecule is CN(C)C(=O)N1C[C@@H]2CN(c3cc(C4CC4)ncn3)C[C@]2(C(=O)O)C1. The summed E-state index contributed by atoms with van der Waals surface area (Å²) in [6.07, 6.45) is 3.91. The molecule has 2 atom stereocenters. The Morgan fingerprint density at radius 2 is 2.00 bits per heavy atom. The molecule has 0 radical (unpaired) electrons. The van der Waals surface area contributed by atoms with Gasteiger partial charge in [-0.1, -0.05) is 0 Å². The zero-order valence-corrected chi connectivity index (χ0v) is 14.6. The number of anilines is 1. The molecule has 0 bridgehead atoms. The number of rotatable bonds is 3. The van der Waals surface area contributed by atoms with E-state index in [1.54, 1.807) is 25.3 Å². The Labute approximate surface area is 146 Å².